The molecule has 5 aromatic rings. The number of rotatable bonds is 4. The molecule has 3 fully saturated rings. The largest absolute Gasteiger partial charge is 0.379 e. The monoisotopic (exact) mass is 467 g/mol. The maximum atomic E-state index is 13.5. The molecule has 6 nitrogen and oxygen atoms in total. The lowest BCUT2D eigenvalue weighted by Gasteiger charge is -2.45. The van der Waals surface area contributed by atoms with E-state index < -0.39 is 0 Å². The van der Waals surface area contributed by atoms with E-state index in [1.54, 1.807) is 11.3 Å². The number of fused-ring (bicyclic) bond motifs is 5. The normalized spacial score (nSPS) is 21.9. The predicted molar refractivity (Wildman–Crippen MR) is 140 cm³/mol. The number of benzene rings is 2. The van der Waals surface area contributed by atoms with Crippen molar-refractivity contribution < 1.29 is 0 Å². The van der Waals surface area contributed by atoms with Crippen LogP contribution in [0.4, 0.5) is 5.69 Å². The van der Waals surface area contributed by atoms with Crippen LogP contribution >= 0.6 is 11.3 Å². The lowest BCUT2D eigenvalue weighted by molar-refractivity contribution is 0.0976. The van der Waals surface area contributed by atoms with Gasteiger partial charge in [-0.3, -0.25) is 4.79 Å². The quantitative estimate of drug-likeness (QED) is 0.335. The highest BCUT2D eigenvalue weighted by Crippen LogP contribution is 2.37. The third-order valence-corrected chi connectivity index (χ3v) is 8.16. The first-order valence-electron chi connectivity index (χ1n) is 11.9. The topological polar surface area (TPSA) is 76.8 Å². The summed E-state index contributed by atoms with van der Waals surface area (Å²) < 4.78 is 0. The number of hydrogen-bond acceptors (Lipinski definition) is 5. The summed E-state index contributed by atoms with van der Waals surface area (Å²) in [4.78, 5) is 27.3. The van der Waals surface area contributed by atoms with Gasteiger partial charge in [-0.2, -0.15) is 11.3 Å². The van der Waals surface area contributed by atoms with Gasteiger partial charge in [0.25, 0.3) is 5.56 Å². The number of nitrogens with zero attached hydrogens (tertiary/aromatic N) is 2. The Morgan fingerprint density at radius 1 is 1.00 bits per heavy atom. The van der Waals surface area contributed by atoms with Crippen molar-refractivity contribution in [1.29, 1.82) is 0 Å². The standard InChI is InChI=1S/C27H25N5OS/c33-27-24(26-29-21-3-1-2-4-22(21)30-26)25(28-23-14-32-10-7-16(23)8-11-32)19-13-17(5-6-20(19)31-27)18-9-12-34-15-18/h1-6,9,12-13,15-16,23H,7-8,10-11,14H2,(H,29,30)(H2,28,31,33)/t23-/m1/s1. The van der Waals surface area contributed by atoms with Crippen molar-refractivity contribution in [2.75, 3.05) is 25.0 Å². The van der Waals surface area contributed by atoms with Crippen LogP contribution in [0.5, 0.6) is 0 Å². The Labute approximate surface area is 200 Å². The van der Waals surface area contributed by atoms with Gasteiger partial charge in [-0.25, -0.2) is 4.98 Å². The molecule has 3 saturated heterocycles. The van der Waals surface area contributed by atoms with E-state index in [0.29, 0.717) is 23.3 Å². The molecule has 3 aliphatic heterocycles. The molecule has 0 spiro atoms. The van der Waals surface area contributed by atoms with Crippen LogP contribution < -0.4 is 10.9 Å². The fourth-order valence-electron chi connectivity index (χ4n) is 5.66. The summed E-state index contributed by atoms with van der Waals surface area (Å²) in [6.07, 6.45) is 2.41. The van der Waals surface area contributed by atoms with Crippen LogP contribution in [-0.4, -0.2) is 45.5 Å². The van der Waals surface area contributed by atoms with Gasteiger partial charge in [0, 0.05) is 18.0 Å². The van der Waals surface area contributed by atoms with Crippen molar-refractivity contribution in [3.63, 3.8) is 0 Å². The van der Waals surface area contributed by atoms with E-state index in [4.69, 9.17) is 4.98 Å². The molecule has 0 aliphatic carbocycles. The first kappa shape index (κ1) is 20.0. The maximum Gasteiger partial charge on any atom is 0.261 e. The molecule has 3 aromatic heterocycles. The van der Waals surface area contributed by atoms with E-state index in [1.807, 2.05) is 30.3 Å². The number of piperidine rings is 3. The second-order valence-electron chi connectivity index (χ2n) is 9.47. The van der Waals surface area contributed by atoms with Crippen LogP contribution in [0.25, 0.3) is 44.5 Å². The second-order valence-corrected chi connectivity index (χ2v) is 10.2. The number of aromatic amines is 2. The summed E-state index contributed by atoms with van der Waals surface area (Å²) in [6.45, 7) is 3.37. The number of H-pyrrole nitrogens is 2. The molecule has 34 heavy (non-hydrogen) atoms. The van der Waals surface area contributed by atoms with Gasteiger partial charge in [0.05, 0.1) is 22.2 Å². The Bertz CT molecular complexity index is 1530. The number of hydrogen-bond donors (Lipinski definition) is 3. The van der Waals surface area contributed by atoms with Gasteiger partial charge in [0.2, 0.25) is 0 Å². The summed E-state index contributed by atoms with van der Waals surface area (Å²) in [5.74, 6) is 1.23. The number of pyridine rings is 1. The number of aromatic nitrogens is 3. The van der Waals surface area contributed by atoms with Crippen molar-refractivity contribution in [3.05, 3.63) is 69.6 Å². The zero-order valence-electron chi connectivity index (χ0n) is 18.7. The highest BCUT2D eigenvalue weighted by atomic mass is 32.1. The van der Waals surface area contributed by atoms with Crippen LogP contribution in [0.1, 0.15) is 12.8 Å². The van der Waals surface area contributed by atoms with E-state index in [0.717, 1.165) is 39.7 Å². The van der Waals surface area contributed by atoms with Crippen LogP contribution in [0.2, 0.25) is 0 Å². The molecule has 2 aromatic carbocycles. The second kappa shape index (κ2) is 7.82. The molecule has 1 atom stereocenters. The van der Waals surface area contributed by atoms with E-state index in [9.17, 15) is 4.79 Å². The summed E-state index contributed by atoms with van der Waals surface area (Å²) in [6, 6.07) is 16.7. The lowest BCUT2D eigenvalue weighted by atomic mass is 9.83. The van der Waals surface area contributed by atoms with Gasteiger partial charge in [-0.15, -0.1) is 0 Å². The summed E-state index contributed by atoms with van der Waals surface area (Å²) in [5.41, 5.74) is 6.31. The summed E-state index contributed by atoms with van der Waals surface area (Å²) in [7, 11) is 0. The molecular formula is C27H25N5OS. The number of para-hydroxylation sites is 2. The molecule has 3 N–H and O–H groups in total. The first-order valence-corrected chi connectivity index (χ1v) is 12.8. The highest BCUT2D eigenvalue weighted by Gasteiger charge is 2.35. The maximum absolute atomic E-state index is 13.5. The Balaban J connectivity index is 1.45. The van der Waals surface area contributed by atoms with Gasteiger partial charge >= 0.3 is 0 Å². The van der Waals surface area contributed by atoms with Gasteiger partial charge in [0.1, 0.15) is 11.4 Å². The van der Waals surface area contributed by atoms with Crippen LogP contribution in [-0.2, 0) is 0 Å². The fourth-order valence-corrected chi connectivity index (χ4v) is 6.33. The van der Waals surface area contributed by atoms with Crippen molar-refractivity contribution >= 4 is 39.0 Å². The molecule has 7 heteroatoms. The molecule has 6 heterocycles. The third kappa shape index (κ3) is 3.27. The van der Waals surface area contributed by atoms with Gasteiger partial charge in [-0.05, 0) is 84.1 Å². The smallest absolute Gasteiger partial charge is 0.261 e. The Kier molecular flexibility index (Phi) is 4.60. The third-order valence-electron chi connectivity index (χ3n) is 7.48. The summed E-state index contributed by atoms with van der Waals surface area (Å²) in [5, 5.41) is 9.14. The molecule has 2 bridgehead atoms. The predicted octanol–water partition coefficient (Wildman–Crippen LogP) is 5.31. The average molecular weight is 468 g/mol. The zero-order chi connectivity index (χ0) is 22.6. The number of nitrogens with one attached hydrogen (secondary N) is 3. The SMILES string of the molecule is O=c1[nH]c2ccc(-c3ccsc3)cc2c(N[C@@H]2CN3CCC2CC3)c1-c1nc2ccccc2[nH]1. The van der Waals surface area contributed by atoms with Crippen molar-refractivity contribution in [1.82, 2.24) is 19.9 Å². The van der Waals surface area contributed by atoms with Crippen LogP contribution in [0, 0.1) is 5.92 Å². The van der Waals surface area contributed by atoms with Crippen LogP contribution in [0.3, 0.4) is 0 Å². The summed E-state index contributed by atoms with van der Waals surface area (Å²) >= 11 is 1.69. The van der Waals surface area contributed by atoms with Crippen LogP contribution in [0.15, 0.2) is 64.1 Å². The van der Waals surface area contributed by atoms with E-state index in [-0.39, 0.29) is 5.56 Å². The Morgan fingerprint density at radius 3 is 2.65 bits per heavy atom. The lowest BCUT2D eigenvalue weighted by Crippen LogP contribution is -2.53. The number of thiophene rings is 1. The minimum absolute atomic E-state index is 0.126. The van der Waals surface area contributed by atoms with Gasteiger partial charge in [0.15, 0.2) is 0 Å². The molecule has 3 aliphatic rings. The molecule has 8 rings (SSSR count). The minimum Gasteiger partial charge on any atom is -0.379 e. The molecule has 0 radical (unpaired) electrons. The molecule has 170 valence electrons. The Hall–Kier alpha value is -3.42. The minimum atomic E-state index is -0.126. The number of imidazole rings is 1. The molecule has 0 unspecified atom stereocenters. The zero-order valence-corrected chi connectivity index (χ0v) is 19.5. The van der Waals surface area contributed by atoms with Crippen molar-refractivity contribution in [2.45, 2.75) is 18.9 Å². The Morgan fingerprint density at radius 2 is 1.88 bits per heavy atom. The molecular weight excluding hydrogens is 442 g/mol. The first-order chi connectivity index (χ1) is 16.7. The fraction of sp³-hybridized carbons (Fsp3) is 0.259. The van der Waals surface area contributed by atoms with E-state index >= 15 is 0 Å². The molecule has 0 amide bonds. The molecule has 0 saturated carbocycles. The van der Waals surface area contributed by atoms with Gasteiger partial charge in [-0.1, -0.05) is 18.2 Å². The van der Waals surface area contributed by atoms with E-state index in [2.05, 4.69) is 49.1 Å². The van der Waals surface area contributed by atoms with Gasteiger partial charge < -0.3 is 20.2 Å². The van der Waals surface area contributed by atoms with Crippen molar-refractivity contribution in [2.24, 2.45) is 5.92 Å². The average Bonchev–Trinajstić information content (AvgIpc) is 3.55. The highest BCUT2D eigenvalue weighted by molar-refractivity contribution is 7.08. The van der Waals surface area contributed by atoms with E-state index in [1.165, 1.54) is 31.5 Å². The number of anilines is 1. The van der Waals surface area contributed by atoms with Crippen molar-refractivity contribution in [3.8, 4) is 22.5 Å².